The Balaban J connectivity index is 1.58. The Kier molecular flexibility index (Phi) is 6.73. The predicted molar refractivity (Wildman–Crippen MR) is 125 cm³/mol. The topological polar surface area (TPSA) is 60.2 Å². The molecule has 7 heteroatoms. The average molecular weight is 437 g/mol. The van der Waals surface area contributed by atoms with Crippen LogP contribution in [0.15, 0.2) is 53.7 Å². The fourth-order valence-electron chi connectivity index (χ4n) is 3.95. The molecule has 0 aliphatic carbocycles. The van der Waals surface area contributed by atoms with Crippen LogP contribution in [0.5, 0.6) is 0 Å². The molecular formula is C24H28N4O2S. The van der Waals surface area contributed by atoms with Gasteiger partial charge in [0.2, 0.25) is 5.91 Å². The first kappa shape index (κ1) is 21.6. The molecule has 1 aliphatic heterocycles. The zero-order valence-corrected chi connectivity index (χ0v) is 19.1. The molecule has 2 aromatic carbocycles. The van der Waals surface area contributed by atoms with Crippen LogP contribution in [0.25, 0.3) is 11.4 Å². The summed E-state index contributed by atoms with van der Waals surface area (Å²) in [4.78, 5) is 15.3. The van der Waals surface area contributed by atoms with Crippen LogP contribution < -0.4 is 4.90 Å². The first-order valence-corrected chi connectivity index (χ1v) is 11.5. The third-order valence-corrected chi connectivity index (χ3v) is 6.59. The van der Waals surface area contributed by atoms with Gasteiger partial charge in [0, 0.05) is 24.9 Å². The lowest BCUT2D eigenvalue weighted by molar-refractivity contribution is -0.117. The van der Waals surface area contributed by atoms with E-state index in [9.17, 15) is 4.79 Å². The van der Waals surface area contributed by atoms with E-state index in [0.717, 1.165) is 41.6 Å². The molecule has 2 heterocycles. The van der Waals surface area contributed by atoms with Crippen LogP contribution in [0.4, 0.5) is 5.69 Å². The summed E-state index contributed by atoms with van der Waals surface area (Å²) in [6.45, 7) is 5.94. The molecule has 0 spiro atoms. The number of anilines is 1. The van der Waals surface area contributed by atoms with Crippen LogP contribution in [0.2, 0.25) is 0 Å². The number of ether oxygens (including phenoxy) is 1. The highest BCUT2D eigenvalue weighted by molar-refractivity contribution is 8.00. The molecule has 162 valence electrons. The van der Waals surface area contributed by atoms with Gasteiger partial charge in [0.1, 0.15) is 0 Å². The van der Waals surface area contributed by atoms with Crippen LogP contribution in [0, 0.1) is 6.92 Å². The lowest BCUT2D eigenvalue weighted by atomic mass is 10.0. The Bertz CT molecular complexity index is 1070. The van der Waals surface area contributed by atoms with Crippen molar-refractivity contribution in [3.8, 4) is 11.4 Å². The van der Waals surface area contributed by atoms with Gasteiger partial charge in [-0.3, -0.25) is 9.36 Å². The molecule has 31 heavy (non-hydrogen) atoms. The van der Waals surface area contributed by atoms with Crippen LogP contribution in [-0.2, 0) is 22.5 Å². The van der Waals surface area contributed by atoms with E-state index >= 15 is 0 Å². The van der Waals surface area contributed by atoms with Crippen molar-refractivity contribution in [3.63, 3.8) is 0 Å². The molecule has 1 atom stereocenters. The summed E-state index contributed by atoms with van der Waals surface area (Å²) in [5.74, 6) is 0.904. The molecule has 0 saturated heterocycles. The van der Waals surface area contributed by atoms with Crippen molar-refractivity contribution in [2.45, 2.75) is 43.6 Å². The van der Waals surface area contributed by atoms with Crippen molar-refractivity contribution in [2.24, 2.45) is 0 Å². The number of carbonyl (C=O) groups excluding carboxylic acids is 1. The Morgan fingerprint density at radius 3 is 2.84 bits per heavy atom. The second-order valence-corrected chi connectivity index (χ2v) is 9.11. The lowest BCUT2D eigenvalue weighted by Gasteiger charge is -2.31. The molecule has 0 fully saturated rings. The van der Waals surface area contributed by atoms with E-state index in [1.54, 1.807) is 7.11 Å². The van der Waals surface area contributed by atoms with Gasteiger partial charge in [0.05, 0.1) is 18.4 Å². The number of fused-ring (bicyclic) bond motifs is 1. The van der Waals surface area contributed by atoms with Crippen molar-refractivity contribution >= 4 is 23.4 Å². The van der Waals surface area contributed by atoms with Gasteiger partial charge in [-0.15, -0.1) is 10.2 Å². The molecule has 3 aromatic rings. The summed E-state index contributed by atoms with van der Waals surface area (Å²) in [5.41, 5.74) is 4.46. The van der Waals surface area contributed by atoms with Gasteiger partial charge in [0.25, 0.3) is 0 Å². The molecular weight excluding hydrogens is 408 g/mol. The molecule has 1 unspecified atom stereocenters. The fraction of sp³-hybridized carbons (Fsp3) is 0.375. The minimum Gasteiger partial charge on any atom is -0.383 e. The minimum atomic E-state index is -0.276. The molecule has 0 bridgehead atoms. The highest BCUT2D eigenvalue weighted by Gasteiger charge is 2.28. The predicted octanol–water partition coefficient (Wildman–Crippen LogP) is 4.36. The number of hydrogen-bond donors (Lipinski definition) is 0. The molecule has 0 radical (unpaired) electrons. The third-order valence-electron chi connectivity index (χ3n) is 5.52. The zero-order chi connectivity index (χ0) is 21.8. The molecule has 0 N–H and O–H groups in total. The van der Waals surface area contributed by atoms with E-state index in [1.807, 2.05) is 42.2 Å². The molecule has 0 saturated carbocycles. The summed E-state index contributed by atoms with van der Waals surface area (Å²) in [5, 5.41) is 9.35. The van der Waals surface area contributed by atoms with Crippen LogP contribution in [-0.4, -0.2) is 46.2 Å². The van der Waals surface area contributed by atoms with E-state index in [2.05, 4.69) is 39.9 Å². The standard InChI is InChI=1S/C24H28N4O2S/c1-17-8-6-10-20(16-17)22-25-26-24(28(22)14-15-30-3)31-18(2)23(29)27-13-7-11-19-9-4-5-12-21(19)27/h4-6,8-10,12,16,18H,7,11,13-15H2,1-3H3. The summed E-state index contributed by atoms with van der Waals surface area (Å²) in [7, 11) is 1.68. The maximum Gasteiger partial charge on any atom is 0.240 e. The largest absolute Gasteiger partial charge is 0.383 e. The highest BCUT2D eigenvalue weighted by Crippen LogP contribution is 2.32. The first-order valence-electron chi connectivity index (χ1n) is 10.6. The number of amides is 1. The van der Waals surface area contributed by atoms with E-state index in [0.29, 0.717) is 13.2 Å². The van der Waals surface area contributed by atoms with Crippen LogP contribution in [0.3, 0.4) is 0 Å². The Morgan fingerprint density at radius 1 is 1.19 bits per heavy atom. The van der Waals surface area contributed by atoms with Crippen molar-refractivity contribution in [2.75, 3.05) is 25.2 Å². The van der Waals surface area contributed by atoms with Crippen LogP contribution in [0.1, 0.15) is 24.5 Å². The maximum absolute atomic E-state index is 13.3. The molecule has 4 rings (SSSR count). The molecule has 1 aromatic heterocycles. The zero-order valence-electron chi connectivity index (χ0n) is 18.2. The van der Waals surface area contributed by atoms with Crippen molar-refractivity contribution in [1.29, 1.82) is 0 Å². The highest BCUT2D eigenvalue weighted by atomic mass is 32.2. The number of aryl methyl sites for hydroxylation is 2. The van der Waals surface area contributed by atoms with Crippen molar-refractivity contribution in [3.05, 3.63) is 59.7 Å². The van der Waals surface area contributed by atoms with Gasteiger partial charge >= 0.3 is 0 Å². The summed E-state index contributed by atoms with van der Waals surface area (Å²) >= 11 is 1.46. The summed E-state index contributed by atoms with van der Waals surface area (Å²) in [6, 6.07) is 16.4. The SMILES string of the molecule is COCCn1c(SC(C)C(=O)N2CCCc3ccccc32)nnc1-c1cccc(C)c1. The van der Waals surface area contributed by atoms with E-state index < -0.39 is 0 Å². The number of para-hydroxylation sites is 1. The third kappa shape index (κ3) is 4.67. The van der Waals surface area contributed by atoms with Gasteiger partial charge in [-0.2, -0.15) is 0 Å². The normalized spacial score (nSPS) is 14.4. The van der Waals surface area contributed by atoms with Gasteiger partial charge in [-0.25, -0.2) is 0 Å². The monoisotopic (exact) mass is 436 g/mol. The van der Waals surface area contributed by atoms with E-state index in [-0.39, 0.29) is 11.2 Å². The Labute approximate surface area is 187 Å². The molecule has 1 aliphatic rings. The number of aromatic nitrogens is 3. The molecule has 6 nitrogen and oxygen atoms in total. The van der Waals surface area contributed by atoms with Gasteiger partial charge in [-0.1, -0.05) is 53.7 Å². The Hall–Kier alpha value is -2.64. The van der Waals surface area contributed by atoms with Gasteiger partial charge in [0.15, 0.2) is 11.0 Å². The van der Waals surface area contributed by atoms with Crippen LogP contribution >= 0.6 is 11.8 Å². The lowest BCUT2D eigenvalue weighted by Crippen LogP contribution is -2.40. The number of methoxy groups -OCH3 is 1. The summed E-state index contributed by atoms with van der Waals surface area (Å²) in [6.07, 6.45) is 2.01. The second kappa shape index (κ2) is 9.66. The van der Waals surface area contributed by atoms with Gasteiger partial charge < -0.3 is 9.64 Å². The van der Waals surface area contributed by atoms with Crippen molar-refractivity contribution < 1.29 is 9.53 Å². The van der Waals surface area contributed by atoms with Crippen molar-refractivity contribution in [1.82, 2.24) is 14.8 Å². The Morgan fingerprint density at radius 2 is 2.03 bits per heavy atom. The quantitative estimate of drug-likeness (QED) is 0.515. The summed E-state index contributed by atoms with van der Waals surface area (Å²) < 4.78 is 7.36. The minimum absolute atomic E-state index is 0.107. The number of rotatable bonds is 7. The fourth-order valence-corrected chi connectivity index (χ4v) is 4.89. The number of benzene rings is 2. The second-order valence-electron chi connectivity index (χ2n) is 7.80. The first-order chi connectivity index (χ1) is 15.1. The average Bonchev–Trinajstić information content (AvgIpc) is 3.19. The number of carbonyl (C=O) groups is 1. The number of nitrogens with zero attached hydrogens (tertiary/aromatic N) is 4. The van der Waals surface area contributed by atoms with Gasteiger partial charge in [-0.05, 0) is 44.4 Å². The van der Waals surface area contributed by atoms with E-state index in [1.165, 1.54) is 22.9 Å². The number of hydrogen-bond acceptors (Lipinski definition) is 5. The molecule has 1 amide bonds. The van der Waals surface area contributed by atoms with E-state index in [4.69, 9.17) is 4.74 Å². The number of thioether (sulfide) groups is 1. The smallest absolute Gasteiger partial charge is 0.240 e. The maximum atomic E-state index is 13.3.